The zero-order valence-corrected chi connectivity index (χ0v) is 8.18. The van der Waals surface area contributed by atoms with Gasteiger partial charge in [0.2, 0.25) is 5.91 Å². The molecule has 0 aliphatic carbocycles. The maximum Gasteiger partial charge on any atom is 0.254 e. The first-order valence-corrected chi connectivity index (χ1v) is 4.33. The van der Waals surface area contributed by atoms with E-state index in [0.29, 0.717) is 6.92 Å². The fourth-order valence-corrected chi connectivity index (χ4v) is 1.42. The SMILES string of the molecule is CC(F)(F)CC(=O)N1CC(C)(C#N)C1. The van der Waals surface area contributed by atoms with Crippen LogP contribution >= 0.6 is 0 Å². The molecule has 5 heteroatoms. The average Bonchev–Trinajstić information content (AvgIpc) is 1.95. The molecular formula is C9H12F2N2O. The van der Waals surface area contributed by atoms with Gasteiger partial charge in [0.15, 0.2) is 0 Å². The molecule has 0 atom stereocenters. The van der Waals surface area contributed by atoms with Crippen LogP contribution in [0.5, 0.6) is 0 Å². The number of nitrogens with zero attached hydrogens (tertiary/aromatic N) is 2. The number of halogens is 2. The Morgan fingerprint density at radius 3 is 2.50 bits per heavy atom. The van der Waals surface area contributed by atoms with E-state index in [4.69, 9.17) is 5.26 Å². The lowest BCUT2D eigenvalue weighted by Crippen LogP contribution is -2.56. The van der Waals surface area contributed by atoms with Gasteiger partial charge in [-0.2, -0.15) is 5.26 Å². The van der Waals surface area contributed by atoms with Crippen molar-refractivity contribution in [1.82, 2.24) is 4.90 Å². The predicted molar refractivity (Wildman–Crippen MR) is 45.5 cm³/mol. The van der Waals surface area contributed by atoms with Crippen molar-refractivity contribution in [3.63, 3.8) is 0 Å². The fourth-order valence-electron chi connectivity index (χ4n) is 1.42. The molecule has 1 saturated heterocycles. The summed E-state index contributed by atoms with van der Waals surface area (Å²) < 4.78 is 24.9. The van der Waals surface area contributed by atoms with Gasteiger partial charge in [0.1, 0.15) is 0 Å². The molecule has 0 saturated carbocycles. The molecule has 0 aromatic carbocycles. The summed E-state index contributed by atoms with van der Waals surface area (Å²) in [5.74, 6) is -3.54. The van der Waals surface area contributed by atoms with Crippen molar-refractivity contribution in [1.29, 1.82) is 5.26 Å². The van der Waals surface area contributed by atoms with Crippen molar-refractivity contribution in [3.8, 4) is 6.07 Å². The standard InChI is InChI=1S/C9H12F2N2O/c1-8(4-12)5-13(6-8)7(14)3-9(2,10)11/h3,5-6H2,1-2H3. The second kappa shape index (κ2) is 3.19. The lowest BCUT2D eigenvalue weighted by Gasteiger charge is -2.43. The quantitative estimate of drug-likeness (QED) is 0.679. The van der Waals surface area contributed by atoms with E-state index in [0.717, 1.165) is 0 Å². The summed E-state index contributed by atoms with van der Waals surface area (Å²) in [7, 11) is 0. The molecular weight excluding hydrogens is 190 g/mol. The van der Waals surface area contributed by atoms with Gasteiger partial charge in [-0.25, -0.2) is 8.78 Å². The number of likely N-dealkylation sites (tertiary alicyclic amines) is 1. The van der Waals surface area contributed by atoms with Crippen molar-refractivity contribution >= 4 is 5.91 Å². The molecule has 1 heterocycles. The average molecular weight is 202 g/mol. The topological polar surface area (TPSA) is 44.1 Å². The zero-order chi connectivity index (χ0) is 11.0. The maximum absolute atomic E-state index is 12.5. The number of amides is 1. The molecule has 0 aromatic heterocycles. The van der Waals surface area contributed by atoms with Crippen LogP contribution in [0.2, 0.25) is 0 Å². The molecule has 0 unspecified atom stereocenters. The monoisotopic (exact) mass is 202 g/mol. The molecule has 78 valence electrons. The van der Waals surface area contributed by atoms with E-state index in [1.165, 1.54) is 4.90 Å². The number of rotatable bonds is 2. The molecule has 1 amide bonds. The third kappa shape index (κ3) is 2.41. The zero-order valence-electron chi connectivity index (χ0n) is 8.18. The summed E-state index contributed by atoms with van der Waals surface area (Å²) in [4.78, 5) is 12.5. The third-order valence-corrected chi connectivity index (χ3v) is 2.16. The van der Waals surface area contributed by atoms with E-state index in [9.17, 15) is 13.6 Å². The van der Waals surface area contributed by atoms with Crippen LogP contribution in [0, 0.1) is 16.7 Å². The summed E-state index contributed by atoms with van der Waals surface area (Å²) in [6, 6.07) is 2.04. The molecule has 0 N–H and O–H groups in total. The molecule has 3 nitrogen and oxygen atoms in total. The Morgan fingerprint density at radius 2 is 2.14 bits per heavy atom. The van der Waals surface area contributed by atoms with E-state index in [1.54, 1.807) is 6.92 Å². The van der Waals surface area contributed by atoms with Gasteiger partial charge in [-0.05, 0) is 13.8 Å². The Hall–Kier alpha value is -1.18. The molecule has 14 heavy (non-hydrogen) atoms. The van der Waals surface area contributed by atoms with Crippen molar-refractivity contribution in [2.75, 3.05) is 13.1 Å². The minimum atomic E-state index is -2.96. The number of nitriles is 1. The van der Waals surface area contributed by atoms with E-state index in [2.05, 4.69) is 0 Å². The maximum atomic E-state index is 12.5. The molecule has 1 aliphatic heterocycles. The van der Waals surface area contributed by atoms with Gasteiger partial charge >= 0.3 is 0 Å². The first-order chi connectivity index (χ1) is 6.26. The molecule has 0 radical (unpaired) electrons. The van der Waals surface area contributed by atoms with E-state index in [1.807, 2.05) is 6.07 Å². The van der Waals surface area contributed by atoms with Crippen LogP contribution in [0.1, 0.15) is 20.3 Å². The smallest absolute Gasteiger partial charge is 0.254 e. The highest BCUT2D eigenvalue weighted by molar-refractivity contribution is 5.78. The van der Waals surface area contributed by atoms with Crippen molar-refractivity contribution in [3.05, 3.63) is 0 Å². The van der Waals surface area contributed by atoms with Gasteiger partial charge in [-0.3, -0.25) is 4.79 Å². The van der Waals surface area contributed by atoms with Crippen molar-refractivity contribution in [2.24, 2.45) is 5.41 Å². The van der Waals surface area contributed by atoms with Crippen LogP contribution in [0.3, 0.4) is 0 Å². The fraction of sp³-hybridized carbons (Fsp3) is 0.778. The molecule has 0 spiro atoms. The highest BCUT2D eigenvalue weighted by Gasteiger charge is 2.43. The summed E-state index contributed by atoms with van der Waals surface area (Å²) in [6.45, 7) is 2.95. The minimum Gasteiger partial charge on any atom is -0.339 e. The van der Waals surface area contributed by atoms with Crippen molar-refractivity contribution < 1.29 is 13.6 Å². The van der Waals surface area contributed by atoms with Crippen LogP contribution in [0.25, 0.3) is 0 Å². The van der Waals surface area contributed by atoms with E-state index in [-0.39, 0.29) is 13.1 Å². The van der Waals surface area contributed by atoms with Crippen LogP contribution in [-0.4, -0.2) is 29.8 Å². The third-order valence-electron chi connectivity index (χ3n) is 2.16. The molecule has 0 aromatic rings. The summed E-state index contributed by atoms with van der Waals surface area (Å²) in [5.41, 5.74) is -0.543. The highest BCUT2D eigenvalue weighted by atomic mass is 19.3. The van der Waals surface area contributed by atoms with Crippen LogP contribution in [-0.2, 0) is 4.79 Å². The highest BCUT2D eigenvalue weighted by Crippen LogP contribution is 2.30. The van der Waals surface area contributed by atoms with E-state index < -0.39 is 23.7 Å². The summed E-state index contributed by atoms with van der Waals surface area (Å²) in [6.07, 6.45) is -0.769. The summed E-state index contributed by atoms with van der Waals surface area (Å²) in [5, 5.41) is 8.64. The van der Waals surface area contributed by atoms with Gasteiger partial charge in [0.25, 0.3) is 5.92 Å². The van der Waals surface area contributed by atoms with Gasteiger partial charge in [-0.1, -0.05) is 0 Å². The lowest BCUT2D eigenvalue weighted by molar-refractivity contribution is -0.146. The van der Waals surface area contributed by atoms with Crippen LogP contribution in [0.4, 0.5) is 8.78 Å². The minimum absolute atomic E-state index is 0.262. The van der Waals surface area contributed by atoms with Gasteiger partial charge in [0, 0.05) is 13.1 Å². The molecule has 1 aliphatic rings. The molecule has 1 fully saturated rings. The van der Waals surface area contributed by atoms with Gasteiger partial charge < -0.3 is 4.90 Å². The number of alkyl halides is 2. The Kier molecular flexibility index (Phi) is 2.49. The number of hydrogen-bond acceptors (Lipinski definition) is 2. The van der Waals surface area contributed by atoms with Crippen LogP contribution in [0.15, 0.2) is 0 Å². The normalized spacial score (nSPS) is 19.8. The Labute approximate surface area is 81.3 Å². The lowest BCUT2D eigenvalue weighted by atomic mass is 9.83. The van der Waals surface area contributed by atoms with Crippen LogP contribution < -0.4 is 0 Å². The van der Waals surface area contributed by atoms with E-state index >= 15 is 0 Å². The summed E-state index contributed by atoms with van der Waals surface area (Å²) >= 11 is 0. The second-order valence-corrected chi connectivity index (χ2v) is 4.17. The predicted octanol–water partition coefficient (Wildman–Crippen LogP) is 1.40. The van der Waals surface area contributed by atoms with Gasteiger partial charge in [0.05, 0.1) is 17.9 Å². The number of hydrogen-bond donors (Lipinski definition) is 0. The number of carbonyl (C=O) groups excluding carboxylic acids is 1. The largest absolute Gasteiger partial charge is 0.339 e. The molecule has 0 bridgehead atoms. The second-order valence-electron chi connectivity index (χ2n) is 4.17. The first-order valence-electron chi connectivity index (χ1n) is 4.33. The Bertz CT molecular complexity index is 284. The Balaban J connectivity index is 2.42. The molecule has 1 rings (SSSR count). The number of carbonyl (C=O) groups is 1. The van der Waals surface area contributed by atoms with Gasteiger partial charge in [-0.15, -0.1) is 0 Å². The van der Waals surface area contributed by atoms with Crippen molar-refractivity contribution in [2.45, 2.75) is 26.2 Å². The Morgan fingerprint density at radius 1 is 1.64 bits per heavy atom. The first kappa shape index (κ1) is 10.9.